The predicted octanol–water partition coefficient (Wildman–Crippen LogP) is 2.40. The SMILES string of the molecule is COc1ccc2cc1-c1cc(ccc1OC)[C@H](N(C)C(=O)[C@@H](N)CCCCNC(=O)OC(C)(C)C)C(=O)N[C@@H](C)C(=O)N[C@H](C(O)OC)C2. The van der Waals surface area contributed by atoms with E-state index >= 15 is 0 Å². The van der Waals surface area contributed by atoms with Crippen LogP contribution in [0.25, 0.3) is 11.1 Å². The van der Waals surface area contributed by atoms with Gasteiger partial charge in [-0.3, -0.25) is 14.4 Å². The summed E-state index contributed by atoms with van der Waals surface area (Å²) in [5.41, 5.74) is 8.16. The molecule has 270 valence electrons. The van der Waals surface area contributed by atoms with Crippen molar-refractivity contribution in [2.24, 2.45) is 5.73 Å². The van der Waals surface area contributed by atoms with E-state index in [9.17, 15) is 24.3 Å². The van der Waals surface area contributed by atoms with Gasteiger partial charge in [-0.05, 0) is 88.8 Å². The van der Waals surface area contributed by atoms with E-state index in [0.29, 0.717) is 54.0 Å². The normalized spacial score (nSPS) is 19.3. The molecule has 1 aliphatic rings. The van der Waals surface area contributed by atoms with E-state index in [1.807, 2.05) is 12.1 Å². The lowest BCUT2D eigenvalue weighted by molar-refractivity contribution is -0.141. The molecular weight excluding hydrogens is 634 g/mol. The van der Waals surface area contributed by atoms with Crippen molar-refractivity contribution in [1.82, 2.24) is 20.9 Å². The van der Waals surface area contributed by atoms with Crippen LogP contribution in [0.1, 0.15) is 64.1 Å². The number of hydrogen-bond donors (Lipinski definition) is 5. The number of alkyl carbamates (subject to hydrolysis) is 1. The number of ether oxygens (including phenoxy) is 4. The van der Waals surface area contributed by atoms with E-state index in [0.717, 1.165) is 5.56 Å². The molecule has 0 aliphatic carbocycles. The van der Waals surface area contributed by atoms with Crippen molar-refractivity contribution in [2.45, 2.75) is 89.4 Å². The van der Waals surface area contributed by atoms with Crippen molar-refractivity contribution in [3.63, 3.8) is 0 Å². The highest BCUT2D eigenvalue weighted by atomic mass is 16.6. The van der Waals surface area contributed by atoms with Gasteiger partial charge in [-0.2, -0.15) is 0 Å². The number of likely N-dealkylation sites (N-methyl/N-ethyl adjacent to an activating group) is 1. The largest absolute Gasteiger partial charge is 0.496 e. The zero-order chi connectivity index (χ0) is 36.5. The average molecular weight is 686 g/mol. The van der Waals surface area contributed by atoms with Gasteiger partial charge in [-0.15, -0.1) is 0 Å². The number of nitrogens with two attached hydrogens (primary N) is 1. The van der Waals surface area contributed by atoms with Crippen molar-refractivity contribution in [3.05, 3.63) is 47.5 Å². The van der Waals surface area contributed by atoms with Crippen LogP contribution in [-0.2, 0) is 30.3 Å². The van der Waals surface area contributed by atoms with Crippen LogP contribution in [0.2, 0.25) is 0 Å². The summed E-state index contributed by atoms with van der Waals surface area (Å²) in [6.07, 6.45) is -0.273. The predicted molar refractivity (Wildman–Crippen MR) is 183 cm³/mol. The van der Waals surface area contributed by atoms with Crippen LogP contribution >= 0.6 is 0 Å². The van der Waals surface area contributed by atoms with E-state index in [1.165, 1.54) is 40.2 Å². The molecule has 1 heterocycles. The van der Waals surface area contributed by atoms with Crippen LogP contribution in [0.4, 0.5) is 4.79 Å². The fourth-order valence-electron chi connectivity index (χ4n) is 5.56. The Morgan fingerprint density at radius 2 is 1.63 bits per heavy atom. The lowest BCUT2D eigenvalue weighted by Gasteiger charge is -2.32. The van der Waals surface area contributed by atoms with E-state index in [-0.39, 0.29) is 6.42 Å². The highest BCUT2D eigenvalue weighted by molar-refractivity contribution is 5.94. The maximum absolute atomic E-state index is 14.0. The summed E-state index contributed by atoms with van der Waals surface area (Å²) in [5.74, 6) is -0.656. The fourth-order valence-corrected chi connectivity index (χ4v) is 5.56. The first kappa shape index (κ1) is 39.0. The molecule has 0 aromatic heterocycles. The Kier molecular flexibility index (Phi) is 13.8. The smallest absolute Gasteiger partial charge is 0.407 e. The molecule has 14 nitrogen and oxygen atoms in total. The quantitative estimate of drug-likeness (QED) is 0.173. The monoisotopic (exact) mass is 685 g/mol. The van der Waals surface area contributed by atoms with Crippen LogP contribution in [-0.4, -0.2) is 98.8 Å². The molecule has 0 radical (unpaired) electrons. The standard InChI is InChI=1S/C35H51N5O9/c1-20-30(41)39-26(33(44)48-8)18-21-12-14-27(46-6)23(17-21)24-19-22(13-15-28(24)47-7)29(31(42)38-20)40(5)32(43)25(36)11-9-10-16-37-34(45)49-35(2,3)4/h12-15,17,19-20,25-26,29,33,44H,9-11,16,18,36H2,1-8H3,(H,37,45)(H,38,42)(H,39,41)/t20-,25-,26-,29-,33?/m0/s1. The first-order valence-electron chi connectivity index (χ1n) is 16.3. The molecule has 6 N–H and O–H groups in total. The topological polar surface area (TPSA) is 191 Å². The van der Waals surface area contributed by atoms with Crippen LogP contribution in [0, 0.1) is 0 Å². The molecule has 0 spiro atoms. The first-order valence-corrected chi connectivity index (χ1v) is 16.3. The maximum Gasteiger partial charge on any atom is 0.407 e. The number of benzene rings is 2. The Labute approximate surface area is 288 Å². The van der Waals surface area contributed by atoms with Gasteiger partial charge in [0.2, 0.25) is 17.7 Å². The van der Waals surface area contributed by atoms with E-state index in [1.54, 1.807) is 45.0 Å². The number of methoxy groups -OCH3 is 3. The third-order valence-corrected chi connectivity index (χ3v) is 8.12. The number of nitrogens with one attached hydrogen (secondary N) is 3. The Hall–Kier alpha value is -4.40. The van der Waals surface area contributed by atoms with Crippen LogP contribution < -0.4 is 31.2 Å². The number of unbranched alkanes of at least 4 members (excludes halogenated alkanes) is 1. The lowest BCUT2D eigenvalue weighted by atomic mass is 9.93. The van der Waals surface area contributed by atoms with Gasteiger partial charge in [0.1, 0.15) is 29.2 Å². The summed E-state index contributed by atoms with van der Waals surface area (Å²) in [6.45, 7) is 7.19. The maximum atomic E-state index is 14.0. The molecule has 14 heteroatoms. The van der Waals surface area contributed by atoms with Gasteiger partial charge in [0.05, 0.1) is 26.3 Å². The van der Waals surface area contributed by atoms with Gasteiger partial charge >= 0.3 is 6.09 Å². The number of nitrogens with zero attached hydrogens (tertiary/aromatic N) is 1. The van der Waals surface area contributed by atoms with Crippen LogP contribution in [0.5, 0.6) is 11.5 Å². The number of aliphatic hydroxyl groups is 1. The molecule has 3 rings (SSSR count). The second-order valence-corrected chi connectivity index (χ2v) is 13.1. The number of carbonyl (C=O) groups excluding carboxylic acids is 4. The fraction of sp³-hybridized carbons (Fsp3) is 0.543. The molecule has 4 amide bonds. The molecule has 1 aliphatic heterocycles. The number of hydrogen-bond acceptors (Lipinski definition) is 10. The minimum Gasteiger partial charge on any atom is -0.496 e. The second kappa shape index (κ2) is 17.3. The molecule has 0 saturated heterocycles. The van der Waals surface area contributed by atoms with E-state index in [2.05, 4.69) is 16.0 Å². The van der Waals surface area contributed by atoms with Gasteiger partial charge in [-0.1, -0.05) is 12.1 Å². The Balaban J connectivity index is 1.97. The van der Waals surface area contributed by atoms with Gasteiger partial charge in [-0.25, -0.2) is 4.79 Å². The number of rotatable bonds is 11. The van der Waals surface area contributed by atoms with E-state index in [4.69, 9.17) is 24.7 Å². The summed E-state index contributed by atoms with van der Waals surface area (Å²) in [4.78, 5) is 54.2. The average Bonchev–Trinajstić information content (AvgIpc) is 3.05. The van der Waals surface area contributed by atoms with Gasteiger partial charge in [0.25, 0.3) is 0 Å². The first-order chi connectivity index (χ1) is 23.1. The Bertz CT molecular complexity index is 1480. The molecule has 0 fully saturated rings. The van der Waals surface area contributed by atoms with Crippen molar-refractivity contribution >= 4 is 23.8 Å². The molecule has 2 aromatic rings. The molecular formula is C35H51N5O9. The zero-order valence-electron chi connectivity index (χ0n) is 29.6. The highest BCUT2D eigenvalue weighted by Gasteiger charge is 2.34. The molecule has 4 bridgehead atoms. The second-order valence-electron chi connectivity index (χ2n) is 13.1. The van der Waals surface area contributed by atoms with Crippen molar-refractivity contribution in [3.8, 4) is 22.6 Å². The zero-order valence-corrected chi connectivity index (χ0v) is 29.6. The summed E-state index contributed by atoms with van der Waals surface area (Å²) >= 11 is 0. The number of carbonyl (C=O) groups is 4. The van der Waals surface area contributed by atoms with Crippen molar-refractivity contribution in [1.29, 1.82) is 0 Å². The van der Waals surface area contributed by atoms with Gasteiger partial charge in [0, 0.05) is 31.8 Å². The van der Waals surface area contributed by atoms with Crippen LogP contribution in [0.3, 0.4) is 0 Å². The Morgan fingerprint density at radius 1 is 1.00 bits per heavy atom. The summed E-state index contributed by atoms with van der Waals surface area (Å²) in [6, 6.07) is 6.55. The van der Waals surface area contributed by atoms with Crippen molar-refractivity contribution < 1.29 is 43.2 Å². The minimum atomic E-state index is -1.34. The summed E-state index contributed by atoms with van der Waals surface area (Å²) < 4.78 is 21.8. The number of fused-ring (bicyclic) bond motifs is 5. The van der Waals surface area contributed by atoms with Crippen LogP contribution in [0.15, 0.2) is 36.4 Å². The third kappa shape index (κ3) is 10.5. The third-order valence-electron chi connectivity index (χ3n) is 8.12. The molecule has 2 aromatic carbocycles. The summed E-state index contributed by atoms with van der Waals surface area (Å²) in [5, 5.41) is 18.8. The highest BCUT2D eigenvalue weighted by Crippen LogP contribution is 2.39. The van der Waals surface area contributed by atoms with Crippen molar-refractivity contribution in [2.75, 3.05) is 34.9 Å². The molecule has 49 heavy (non-hydrogen) atoms. The molecule has 1 unspecified atom stereocenters. The summed E-state index contributed by atoms with van der Waals surface area (Å²) in [7, 11) is 5.87. The minimum absolute atomic E-state index is 0.204. The Morgan fingerprint density at radius 3 is 2.24 bits per heavy atom. The van der Waals surface area contributed by atoms with E-state index < -0.39 is 59.9 Å². The van der Waals surface area contributed by atoms with Gasteiger partial charge < -0.3 is 50.6 Å². The lowest BCUT2D eigenvalue weighted by Crippen LogP contribution is -2.54. The molecule has 5 atom stereocenters. The van der Waals surface area contributed by atoms with Gasteiger partial charge in [0.15, 0.2) is 6.29 Å². The number of amides is 4. The number of aliphatic hydroxyl groups excluding tert-OH is 1. The molecule has 0 saturated carbocycles.